The molecule has 1 fully saturated rings. The zero-order valence-electron chi connectivity index (χ0n) is 20.8. The third kappa shape index (κ3) is 5.52. The third-order valence-electron chi connectivity index (χ3n) is 5.91. The van der Waals surface area contributed by atoms with Crippen molar-refractivity contribution in [3.05, 3.63) is 87.9 Å². The minimum absolute atomic E-state index is 0.0930. The average Bonchev–Trinajstić information content (AvgIpc) is 2.89. The van der Waals surface area contributed by atoms with Gasteiger partial charge in [0, 0.05) is 5.69 Å². The quantitative estimate of drug-likeness (QED) is 0.337. The van der Waals surface area contributed by atoms with Crippen molar-refractivity contribution < 1.29 is 28.7 Å². The van der Waals surface area contributed by atoms with Crippen LogP contribution in [0.3, 0.4) is 0 Å². The molecule has 4 rings (SSSR count). The van der Waals surface area contributed by atoms with Crippen LogP contribution in [0.5, 0.6) is 11.5 Å². The van der Waals surface area contributed by atoms with Crippen molar-refractivity contribution in [3.63, 3.8) is 0 Å². The standard InChI is InChI=1S/C28H24ClN3O6/c1-16-8-7-11-22(17(16)2)30-24(33)15-38-25-21(29)13-18(14-23(25)37-3)12-20-26(34)31-28(36)32(27(20)35)19-9-5-4-6-10-19/h4-14H,15H2,1-3H3,(H,30,33)(H,31,34,36)/b20-12-. The van der Waals surface area contributed by atoms with Crippen LogP contribution in [-0.4, -0.2) is 37.5 Å². The predicted octanol–water partition coefficient (Wildman–Crippen LogP) is 4.65. The lowest BCUT2D eigenvalue weighted by Crippen LogP contribution is -2.54. The lowest BCUT2D eigenvalue weighted by atomic mass is 10.1. The fraction of sp³-hybridized carbons (Fsp3) is 0.143. The number of carbonyl (C=O) groups is 4. The molecule has 0 saturated carbocycles. The molecule has 1 aliphatic heterocycles. The first kappa shape index (κ1) is 26.4. The number of aryl methyl sites for hydroxylation is 1. The largest absolute Gasteiger partial charge is 0.493 e. The third-order valence-corrected chi connectivity index (χ3v) is 6.19. The van der Waals surface area contributed by atoms with Gasteiger partial charge in [0.2, 0.25) is 0 Å². The Bertz CT molecular complexity index is 1470. The van der Waals surface area contributed by atoms with Gasteiger partial charge in [-0.2, -0.15) is 0 Å². The molecular formula is C28H24ClN3O6. The highest BCUT2D eigenvalue weighted by atomic mass is 35.5. The molecule has 5 amide bonds. The summed E-state index contributed by atoms with van der Waals surface area (Å²) in [4.78, 5) is 51.3. The molecule has 10 heteroatoms. The maximum Gasteiger partial charge on any atom is 0.335 e. The molecule has 9 nitrogen and oxygen atoms in total. The number of urea groups is 1. The molecule has 3 aromatic rings. The zero-order chi connectivity index (χ0) is 27.4. The number of anilines is 2. The van der Waals surface area contributed by atoms with Crippen molar-refractivity contribution in [3.8, 4) is 11.5 Å². The number of benzene rings is 3. The summed E-state index contributed by atoms with van der Waals surface area (Å²) in [7, 11) is 1.39. The Kier molecular flexibility index (Phi) is 7.78. The fourth-order valence-electron chi connectivity index (χ4n) is 3.81. The first-order valence-electron chi connectivity index (χ1n) is 11.5. The molecule has 0 bridgehead atoms. The molecule has 0 unspecified atom stereocenters. The zero-order valence-corrected chi connectivity index (χ0v) is 21.6. The Balaban J connectivity index is 1.55. The van der Waals surface area contributed by atoms with Crippen LogP contribution in [-0.2, 0) is 14.4 Å². The van der Waals surface area contributed by atoms with Crippen LogP contribution >= 0.6 is 11.6 Å². The molecule has 0 aliphatic carbocycles. The number of methoxy groups -OCH3 is 1. The Morgan fingerprint density at radius 2 is 1.79 bits per heavy atom. The maximum atomic E-state index is 13.1. The number of nitrogens with zero attached hydrogens (tertiary/aromatic N) is 1. The molecule has 0 spiro atoms. The van der Waals surface area contributed by atoms with E-state index in [4.69, 9.17) is 21.1 Å². The summed E-state index contributed by atoms with van der Waals surface area (Å²) in [5.74, 6) is -1.72. The van der Waals surface area contributed by atoms with Gasteiger partial charge in [0.05, 0.1) is 17.8 Å². The maximum absolute atomic E-state index is 13.1. The van der Waals surface area contributed by atoms with Crippen molar-refractivity contribution in [2.45, 2.75) is 13.8 Å². The number of ether oxygens (including phenoxy) is 2. The molecular weight excluding hydrogens is 510 g/mol. The van der Waals surface area contributed by atoms with E-state index in [1.165, 1.54) is 25.3 Å². The highest BCUT2D eigenvalue weighted by molar-refractivity contribution is 6.39. The number of imide groups is 2. The molecule has 0 atom stereocenters. The van der Waals surface area contributed by atoms with Crippen LogP contribution < -0.4 is 25.0 Å². The number of halogens is 1. The Morgan fingerprint density at radius 1 is 1.05 bits per heavy atom. The minimum atomic E-state index is -0.846. The van der Waals surface area contributed by atoms with Gasteiger partial charge in [-0.05, 0) is 66.9 Å². The number of hydrogen-bond donors (Lipinski definition) is 2. The SMILES string of the molecule is COc1cc(/C=C2/C(=O)NC(=O)N(c3ccccc3)C2=O)cc(Cl)c1OCC(=O)Nc1cccc(C)c1C. The van der Waals surface area contributed by atoms with Crippen LogP contribution in [0.1, 0.15) is 16.7 Å². The molecule has 1 heterocycles. The first-order chi connectivity index (χ1) is 18.2. The molecule has 3 aromatic carbocycles. The van der Waals surface area contributed by atoms with E-state index < -0.39 is 23.8 Å². The topological polar surface area (TPSA) is 114 Å². The lowest BCUT2D eigenvalue weighted by Gasteiger charge is -2.26. The number of para-hydroxylation sites is 1. The second-order valence-electron chi connectivity index (χ2n) is 8.41. The van der Waals surface area contributed by atoms with Gasteiger partial charge in [-0.15, -0.1) is 0 Å². The summed E-state index contributed by atoms with van der Waals surface area (Å²) in [5.41, 5.74) is 3.05. The van der Waals surface area contributed by atoms with Crippen LogP contribution in [0.25, 0.3) is 6.08 Å². The number of amides is 5. The van der Waals surface area contributed by atoms with Crippen LogP contribution in [0, 0.1) is 13.8 Å². The Labute approximate surface area is 224 Å². The van der Waals surface area contributed by atoms with Gasteiger partial charge in [-0.1, -0.05) is 41.9 Å². The van der Waals surface area contributed by atoms with Crippen LogP contribution in [0.2, 0.25) is 5.02 Å². The highest BCUT2D eigenvalue weighted by Gasteiger charge is 2.36. The average molecular weight is 534 g/mol. The summed E-state index contributed by atoms with van der Waals surface area (Å²) in [5, 5.41) is 5.07. The van der Waals surface area contributed by atoms with Gasteiger partial charge in [-0.3, -0.25) is 19.7 Å². The van der Waals surface area contributed by atoms with E-state index >= 15 is 0 Å². The minimum Gasteiger partial charge on any atom is -0.493 e. The number of nitrogens with one attached hydrogen (secondary N) is 2. The van der Waals surface area contributed by atoms with E-state index in [1.807, 2.05) is 26.0 Å². The van der Waals surface area contributed by atoms with Crippen molar-refractivity contribution in [2.24, 2.45) is 0 Å². The lowest BCUT2D eigenvalue weighted by molar-refractivity contribution is -0.122. The van der Waals surface area contributed by atoms with Crippen LogP contribution in [0.4, 0.5) is 16.2 Å². The second-order valence-corrected chi connectivity index (χ2v) is 8.82. The number of hydrogen-bond acceptors (Lipinski definition) is 6. The van der Waals surface area contributed by atoms with E-state index in [-0.39, 0.29) is 28.7 Å². The van der Waals surface area contributed by atoms with Crippen molar-refractivity contribution >= 4 is 52.8 Å². The van der Waals surface area contributed by atoms with Crippen molar-refractivity contribution in [1.82, 2.24) is 5.32 Å². The molecule has 0 aromatic heterocycles. The number of rotatable bonds is 7. The second kappa shape index (κ2) is 11.2. The van der Waals surface area contributed by atoms with Gasteiger partial charge < -0.3 is 14.8 Å². The molecule has 2 N–H and O–H groups in total. The first-order valence-corrected chi connectivity index (χ1v) is 11.9. The van der Waals surface area contributed by atoms with E-state index in [0.717, 1.165) is 16.0 Å². The number of barbiturate groups is 1. The Morgan fingerprint density at radius 3 is 2.50 bits per heavy atom. The molecule has 1 aliphatic rings. The van der Waals surface area contributed by atoms with E-state index in [9.17, 15) is 19.2 Å². The van der Waals surface area contributed by atoms with Gasteiger partial charge in [0.1, 0.15) is 5.57 Å². The summed E-state index contributed by atoms with van der Waals surface area (Å²) < 4.78 is 11.0. The smallest absolute Gasteiger partial charge is 0.335 e. The Hall–Kier alpha value is -4.63. The van der Waals surface area contributed by atoms with Crippen molar-refractivity contribution in [1.29, 1.82) is 0 Å². The van der Waals surface area contributed by atoms with E-state index in [2.05, 4.69) is 10.6 Å². The van der Waals surface area contributed by atoms with E-state index in [1.54, 1.807) is 36.4 Å². The summed E-state index contributed by atoms with van der Waals surface area (Å²) in [6.45, 7) is 3.52. The summed E-state index contributed by atoms with van der Waals surface area (Å²) >= 11 is 6.43. The molecule has 194 valence electrons. The normalized spacial score (nSPS) is 14.4. The van der Waals surface area contributed by atoms with Gasteiger partial charge in [-0.25, -0.2) is 9.69 Å². The van der Waals surface area contributed by atoms with Gasteiger partial charge in [0.15, 0.2) is 18.1 Å². The molecule has 38 heavy (non-hydrogen) atoms. The van der Waals surface area contributed by atoms with Crippen molar-refractivity contribution in [2.75, 3.05) is 23.9 Å². The fourth-order valence-corrected chi connectivity index (χ4v) is 4.08. The summed E-state index contributed by atoms with van der Waals surface area (Å²) in [6, 6.07) is 15.9. The molecule has 0 radical (unpaired) electrons. The predicted molar refractivity (Wildman–Crippen MR) is 143 cm³/mol. The van der Waals surface area contributed by atoms with E-state index in [0.29, 0.717) is 16.9 Å². The van der Waals surface area contributed by atoms with Gasteiger partial charge in [0.25, 0.3) is 17.7 Å². The van der Waals surface area contributed by atoms with Crippen LogP contribution in [0.15, 0.2) is 66.2 Å². The number of carbonyl (C=O) groups excluding carboxylic acids is 4. The van der Waals surface area contributed by atoms with Gasteiger partial charge >= 0.3 is 6.03 Å². The summed E-state index contributed by atoms with van der Waals surface area (Å²) in [6.07, 6.45) is 1.30. The molecule has 1 saturated heterocycles. The highest BCUT2D eigenvalue weighted by Crippen LogP contribution is 2.37. The monoisotopic (exact) mass is 533 g/mol.